The smallest absolute Gasteiger partial charge is 0.0726 e. The summed E-state index contributed by atoms with van der Waals surface area (Å²) >= 11 is 0. The third kappa shape index (κ3) is 4.12. The van der Waals surface area contributed by atoms with Crippen molar-refractivity contribution in [2.24, 2.45) is 0 Å². The number of likely N-dealkylation sites (N-methyl/N-ethyl adjacent to an activating group) is 1. The van der Waals surface area contributed by atoms with Gasteiger partial charge >= 0.3 is 0 Å². The topological polar surface area (TPSA) is 32.3 Å². The summed E-state index contributed by atoms with van der Waals surface area (Å²) in [5.41, 5.74) is 2.45. The molecule has 1 fully saturated rings. The van der Waals surface area contributed by atoms with Gasteiger partial charge in [-0.2, -0.15) is 0 Å². The van der Waals surface area contributed by atoms with E-state index in [2.05, 4.69) is 57.1 Å². The third-order valence-electron chi connectivity index (χ3n) is 4.30. The van der Waals surface area contributed by atoms with Gasteiger partial charge in [0.1, 0.15) is 0 Å². The van der Waals surface area contributed by atoms with Crippen molar-refractivity contribution in [3.63, 3.8) is 0 Å². The van der Waals surface area contributed by atoms with Gasteiger partial charge in [0, 0.05) is 44.3 Å². The van der Waals surface area contributed by atoms with Gasteiger partial charge < -0.3 is 0 Å². The molecule has 0 aliphatic carbocycles. The van der Waals surface area contributed by atoms with Crippen LogP contribution in [0.5, 0.6) is 0 Å². The molecule has 1 aliphatic heterocycles. The third-order valence-corrected chi connectivity index (χ3v) is 4.30. The van der Waals surface area contributed by atoms with Crippen molar-refractivity contribution < 1.29 is 0 Å². The Morgan fingerprint density at radius 1 is 1.23 bits per heavy atom. The van der Waals surface area contributed by atoms with Crippen molar-refractivity contribution in [3.05, 3.63) is 60.2 Å². The summed E-state index contributed by atoms with van der Waals surface area (Å²) in [4.78, 5) is 13.5. The van der Waals surface area contributed by atoms with Crippen LogP contribution in [0.1, 0.15) is 24.1 Å². The van der Waals surface area contributed by atoms with E-state index in [9.17, 15) is 0 Å². The van der Waals surface area contributed by atoms with Gasteiger partial charge in [-0.1, -0.05) is 30.3 Å². The van der Waals surface area contributed by atoms with Crippen molar-refractivity contribution in [1.82, 2.24) is 19.8 Å². The maximum absolute atomic E-state index is 4.36. The van der Waals surface area contributed by atoms with Gasteiger partial charge in [0.05, 0.1) is 5.69 Å². The first-order chi connectivity index (χ1) is 10.8. The molecule has 1 atom stereocenters. The average Bonchev–Trinajstić information content (AvgIpc) is 2.96. The summed E-state index contributed by atoms with van der Waals surface area (Å²) in [5, 5.41) is 0. The number of rotatable bonds is 6. The van der Waals surface area contributed by atoms with Gasteiger partial charge in [0.25, 0.3) is 0 Å². The zero-order chi connectivity index (χ0) is 15.2. The molecule has 1 saturated heterocycles. The lowest BCUT2D eigenvalue weighted by Crippen LogP contribution is -2.38. The molecule has 4 nitrogen and oxygen atoms in total. The Labute approximate surface area is 132 Å². The highest BCUT2D eigenvalue weighted by atomic mass is 15.2. The van der Waals surface area contributed by atoms with Crippen LogP contribution < -0.4 is 0 Å². The fourth-order valence-electron chi connectivity index (χ4n) is 3.24. The minimum absolute atomic E-state index is 0.641. The fourth-order valence-corrected chi connectivity index (χ4v) is 3.24. The lowest BCUT2D eigenvalue weighted by molar-refractivity contribution is 0.181. The molecule has 0 saturated carbocycles. The molecule has 0 radical (unpaired) electrons. The van der Waals surface area contributed by atoms with E-state index in [0.29, 0.717) is 6.04 Å². The van der Waals surface area contributed by atoms with Crippen molar-refractivity contribution >= 4 is 0 Å². The minimum Gasteiger partial charge on any atom is -0.299 e. The zero-order valence-electron chi connectivity index (χ0n) is 13.2. The highest BCUT2D eigenvalue weighted by molar-refractivity contribution is 5.14. The summed E-state index contributed by atoms with van der Waals surface area (Å²) in [6, 6.07) is 11.4. The fraction of sp³-hybridized carbons (Fsp3) is 0.444. The summed E-state index contributed by atoms with van der Waals surface area (Å²) in [5.74, 6) is 0. The number of hydrogen-bond donors (Lipinski definition) is 0. The van der Waals surface area contributed by atoms with E-state index < -0.39 is 0 Å². The molecule has 116 valence electrons. The van der Waals surface area contributed by atoms with Crippen LogP contribution in [0.15, 0.2) is 48.9 Å². The first kappa shape index (κ1) is 15.1. The van der Waals surface area contributed by atoms with Gasteiger partial charge in [-0.05, 0) is 32.0 Å². The number of nitrogens with zero attached hydrogens (tertiary/aromatic N) is 4. The Bertz CT molecular complexity index is 558. The molecule has 0 N–H and O–H groups in total. The van der Waals surface area contributed by atoms with Crippen LogP contribution in [0.2, 0.25) is 0 Å². The van der Waals surface area contributed by atoms with Crippen LogP contribution in [0.25, 0.3) is 0 Å². The molecule has 0 bridgehead atoms. The molecule has 4 heteroatoms. The number of aromatic nitrogens is 2. The molecule has 1 aromatic carbocycles. The predicted molar refractivity (Wildman–Crippen MR) is 88.2 cm³/mol. The van der Waals surface area contributed by atoms with E-state index in [4.69, 9.17) is 0 Å². The first-order valence-corrected chi connectivity index (χ1v) is 8.02. The molecule has 22 heavy (non-hydrogen) atoms. The van der Waals surface area contributed by atoms with Crippen LogP contribution in [0.4, 0.5) is 0 Å². The quantitative estimate of drug-likeness (QED) is 0.820. The molecule has 0 unspecified atom stereocenters. The summed E-state index contributed by atoms with van der Waals surface area (Å²) in [7, 11) is 2.17. The van der Waals surface area contributed by atoms with E-state index in [1.165, 1.54) is 24.9 Å². The largest absolute Gasteiger partial charge is 0.299 e. The van der Waals surface area contributed by atoms with Crippen molar-refractivity contribution in [2.75, 3.05) is 20.1 Å². The van der Waals surface area contributed by atoms with E-state index in [-0.39, 0.29) is 0 Å². The second-order valence-corrected chi connectivity index (χ2v) is 6.15. The molecule has 3 rings (SSSR count). The Hall–Kier alpha value is -1.78. The van der Waals surface area contributed by atoms with Gasteiger partial charge in [-0.3, -0.25) is 19.8 Å². The highest BCUT2D eigenvalue weighted by Gasteiger charge is 2.25. The Kier molecular flexibility index (Phi) is 5.14. The maximum Gasteiger partial charge on any atom is 0.0726 e. The van der Waals surface area contributed by atoms with Gasteiger partial charge in [-0.25, -0.2) is 0 Å². The number of likely N-dealkylation sites (tertiary alicyclic amines) is 1. The van der Waals surface area contributed by atoms with E-state index in [1.807, 2.05) is 6.20 Å². The summed E-state index contributed by atoms with van der Waals surface area (Å²) in [6.07, 6.45) is 7.93. The van der Waals surface area contributed by atoms with Crippen molar-refractivity contribution in [2.45, 2.75) is 32.0 Å². The molecule has 2 heterocycles. The monoisotopic (exact) mass is 296 g/mol. The number of hydrogen-bond acceptors (Lipinski definition) is 4. The summed E-state index contributed by atoms with van der Waals surface area (Å²) < 4.78 is 0. The second-order valence-electron chi connectivity index (χ2n) is 6.15. The Morgan fingerprint density at radius 3 is 2.86 bits per heavy atom. The molecule has 1 aromatic heterocycles. The lowest BCUT2D eigenvalue weighted by Gasteiger charge is -2.28. The van der Waals surface area contributed by atoms with Gasteiger partial charge in [0.15, 0.2) is 0 Å². The average molecular weight is 296 g/mol. The molecule has 2 aromatic rings. The molecule has 1 aliphatic rings. The lowest BCUT2D eigenvalue weighted by atomic mass is 10.1. The van der Waals surface area contributed by atoms with Gasteiger partial charge in [0.2, 0.25) is 0 Å². The predicted octanol–water partition coefficient (Wildman–Crippen LogP) is 2.57. The minimum atomic E-state index is 0.641. The van der Waals surface area contributed by atoms with Crippen LogP contribution in [0, 0.1) is 0 Å². The number of benzene rings is 1. The van der Waals surface area contributed by atoms with Crippen LogP contribution in [-0.4, -0.2) is 45.9 Å². The maximum atomic E-state index is 4.36. The molecule has 0 amide bonds. The zero-order valence-corrected chi connectivity index (χ0v) is 13.2. The van der Waals surface area contributed by atoms with Crippen LogP contribution in [-0.2, 0) is 13.1 Å². The van der Waals surface area contributed by atoms with Crippen molar-refractivity contribution in [3.8, 4) is 0 Å². The molecule has 0 spiro atoms. The summed E-state index contributed by atoms with van der Waals surface area (Å²) in [6.45, 7) is 4.22. The highest BCUT2D eigenvalue weighted by Crippen LogP contribution is 2.21. The Morgan fingerprint density at radius 2 is 2.09 bits per heavy atom. The van der Waals surface area contributed by atoms with Gasteiger partial charge in [-0.15, -0.1) is 0 Å². The second kappa shape index (κ2) is 7.47. The van der Waals surface area contributed by atoms with E-state index in [1.54, 1.807) is 12.4 Å². The van der Waals surface area contributed by atoms with E-state index >= 15 is 0 Å². The SMILES string of the molecule is CN(Cc1cnccn1)C[C@H]1CCCN1Cc1ccccc1. The van der Waals surface area contributed by atoms with Crippen LogP contribution in [0.3, 0.4) is 0 Å². The van der Waals surface area contributed by atoms with Crippen LogP contribution >= 0.6 is 0 Å². The molecular formula is C18H24N4. The first-order valence-electron chi connectivity index (χ1n) is 8.02. The van der Waals surface area contributed by atoms with E-state index in [0.717, 1.165) is 25.3 Å². The molecular weight excluding hydrogens is 272 g/mol. The van der Waals surface area contributed by atoms with Crippen molar-refractivity contribution in [1.29, 1.82) is 0 Å². The normalized spacial score (nSPS) is 18.9. The standard InChI is InChI=1S/C18H24N4/c1-21(14-17-12-19-9-10-20-17)15-18-8-5-11-22(18)13-16-6-3-2-4-7-16/h2-4,6-7,9-10,12,18H,5,8,11,13-15H2,1H3/t18-/m1/s1. The Balaban J connectivity index is 1.54.